The number of hydrogen-bond acceptors (Lipinski definition) is 4. The molecule has 0 unspecified atom stereocenters. The first kappa shape index (κ1) is 14.8. The van der Waals surface area contributed by atoms with Gasteiger partial charge in [-0.05, 0) is 36.4 Å². The summed E-state index contributed by atoms with van der Waals surface area (Å²) in [6.45, 7) is 0. The molecule has 0 aliphatic carbocycles. The topological polar surface area (TPSA) is 98.2 Å². The largest absolute Gasteiger partial charge is 0.398 e. The first-order valence-corrected chi connectivity index (χ1v) is 7.76. The highest BCUT2D eigenvalue weighted by atomic mass is 79.9. The van der Waals surface area contributed by atoms with E-state index in [9.17, 15) is 12.8 Å². The summed E-state index contributed by atoms with van der Waals surface area (Å²) >= 11 is 3.16. The number of nitrogens with one attached hydrogen (secondary N) is 1. The molecular weight excluding hydrogens is 349 g/mol. The van der Waals surface area contributed by atoms with Gasteiger partial charge in [-0.1, -0.05) is 15.9 Å². The molecule has 5 nitrogen and oxygen atoms in total. The maximum Gasteiger partial charge on any atom is 0.240 e. The van der Waals surface area contributed by atoms with Crippen molar-refractivity contribution in [3.63, 3.8) is 0 Å². The van der Waals surface area contributed by atoms with Crippen LogP contribution in [-0.4, -0.2) is 8.42 Å². The standard InChI is InChI=1S/C12H11BrFN3O2S/c13-7-1-3-11(9(14)5-7)17-8-2-4-12(10(15)6-8)20(16,18)19/h1-6,17H,15H2,(H2,16,18,19). The summed E-state index contributed by atoms with van der Waals surface area (Å²) in [5.41, 5.74) is 6.32. The zero-order valence-corrected chi connectivity index (χ0v) is 12.5. The Morgan fingerprint density at radius 3 is 2.40 bits per heavy atom. The Bertz CT molecular complexity index is 765. The Kier molecular flexibility index (Phi) is 3.98. The van der Waals surface area contributed by atoms with Crippen molar-refractivity contribution in [3.05, 3.63) is 46.7 Å². The van der Waals surface area contributed by atoms with E-state index in [1.54, 1.807) is 12.1 Å². The average Bonchev–Trinajstić information content (AvgIpc) is 2.31. The van der Waals surface area contributed by atoms with Gasteiger partial charge in [-0.2, -0.15) is 0 Å². The Labute approximate surface area is 124 Å². The molecule has 0 spiro atoms. The maximum atomic E-state index is 13.7. The zero-order chi connectivity index (χ0) is 14.9. The van der Waals surface area contributed by atoms with Crippen LogP contribution < -0.4 is 16.2 Å². The highest BCUT2D eigenvalue weighted by Gasteiger charge is 2.12. The molecule has 0 saturated carbocycles. The summed E-state index contributed by atoms with van der Waals surface area (Å²) in [6, 6.07) is 8.63. The molecule has 0 bridgehead atoms. The molecule has 2 aromatic carbocycles. The van der Waals surface area contributed by atoms with Crippen molar-refractivity contribution in [1.82, 2.24) is 0 Å². The van der Waals surface area contributed by atoms with E-state index in [-0.39, 0.29) is 16.3 Å². The van der Waals surface area contributed by atoms with Crippen molar-refractivity contribution in [2.75, 3.05) is 11.1 Å². The highest BCUT2D eigenvalue weighted by molar-refractivity contribution is 9.10. The lowest BCUT2D eigenvalue weighted by molar-refractivity contribution is 0.598. The molecule has 0 amide bonds. The fourth-order valence-corrected chi connectivity index (χ4v) is 2.61. The van der Waals surface area contributed by atoms with Crippen molar-refractivity contribution in [3.8, 4) is 0 Å². The minimum Gasteiger partial charge on any atom is -0.398 e. The van der Waals surface area contributed by atoms with Crippen LogP contribution in [0.25, 0.3) is 0 Å². The van der Waals surface area contributed by atoms with Gasteiger partial charge >= 0.3 is 0 Å². The van der Waals surface area contributed by atoms with E-state index in [0.717, 1.165) is 0 Å². The molecule has 2 rings (SSSR count). The number of hydrogen-bond donors (Lipinski definition) is 3. The first-order valence-electron chi connectivity index (χ1n) is 5.42. The van der Waals surface area contributed by atoms with E-state index in [4.69, 9.17) is 10.9 Å². The van der Waals surface area contributed by atoms with Crippen LogP contribution in [0.15, 0.2) is 45.8 Å². The predicted octanol–water partition coefficient (Wildman–Crippen LogP) is 2.56. The number of rotatable bonds is 3. The number of anilines is 3. The minimum atomic E-state index is -3.87. The molecule has 5 N–H and O–H groups in total. The monoisotopic (exact) mass is 359 g/mol. The summed E-state index contributed by atoms with van der Waals surface area (Å²) in [6.07, 6.45) is 0. The summed E-state index contributed by atoms with van der Waals surface area (Å²) in [5, 5.41) is 7.82. The lowest BCUT2D eigenvalue weighted by Crippen LogP contribution is -2.14. The van der Waals surface area contributed by atoms with Gasteiger partial charge in [-0.25, -0.2) is 17.9 Å². The van der Waals surface area contributed by atoms with E-state index in [1.807, 2.05) is 0 Å². The Balaban J connectivity index is 2.34. The van der Waals surface area contributed by atoms with E-state index in [1.165, 1.54) is 24.3 Å². The fraction of sp³-hybridized carbons (Fsp3) is 0. The van der Waals surface area contributed by atoms with Crippen molar-refractivity contribution in [2.24, 2.45) is 5.14 Å². The third-order valence-corrected chi connectivity index (χ3v) is 4.00. The molecule has 0 radical (unpaired) electrons. The molecule has 0 heterocycles. The van der Waals surface area contributed by atoms with Gasteiger partial charge in [-0.15, -0.1) is 0 Å². The maximum absolute atomic E-state index is 13.7. The first-order chi connectivity index (χ1) is 9.27. The van der Waals surface area contributed by atoms with Crippen LogP contribution in [0.1, 0.15) is 0 Å². The van der Waals surface area contributed by atoms with Crippen LogP contribution >= 0.6 is 15.9 Å². The summed E-state index contributed by atoms with van der Waals surface area (Å²) in [5.74, 6) is -0.450. The van der Waals surface area contributed by atoms with Crippen molar-refractivity contribution >= 4 is 43.0 Å². The van der Waals surface area contributed by atoms with Crippen LogP contribution in [0.3, 0.4) is 0 Å². The third-order valence-electron chi connectivity index (χ3n) is 2.53. The van der Waals surface area contributed by atoms with E-state index in [2.05, 4.69) is 21.2 Å². The number of nitrogens with two attached hydrogens (primary N) is 2. The van der Waals surface area contributed by atoms with E-state index in [0.29, 0.717) is 10.2 Å². The third kappa shape index (κ3) is 3.27. The van der Waals surface area contributed by atoms with Crippen molar-refractivity contribution < 1.29 is 12.8 Å². The van der Waals surface area contributed by atoms with Crippen LogP contribution in [0, 0.1) is 5.82 Å². The second-order valence-corrected chi connectivity index (χ2v) is 6.49. The van der Waals surface area contributed by atoms with Crippen molar-refractivity contribution in [1.29, 1.82) is 0 Å². The second kappa shape index (κ2) is 5.39. The molecule has 0 fully saturated rings. The van der Waals surface area contributed by atoms with Gasteiger partial charge in [0.2, 0.25) is 10.0 Å². The molecule has 2 aromatic rings. The van der Waals surface area contributed by atoms with E-state index >= 15 is 0 Å². The smallest absolute Gasteiger partial charge is 0.240 e. The van der Waals surface area contributed by atoms with Gasteiger partial charge < -0.3 is 11.1 Å². The van der Waals surface area contributed by atoms with Crippen LogP contribution in [0.4, 0.5) is 21.5 Å². The number of primary sulfonamides is 1. The molecule has 0 aliphatic rings. The Morgan fingerprint density at radius 2 is 1.85 bits per heavy atom. The predicted molar refractivity (Wildman–Crippen MR) is 79.6 cm³/mol. The number of sulfonamides is 1. The highest BCUT2D eigenvalue weighted by Crippen LogP contribution is 2.26. The Hall–Kier alpha value is -1.64. The van der Waals surface area contributed by atoms with Gasteiger partial charge in [0, 0.05) is 10.2 Å². The quantitative estimate of drug-likeness (QED) is 0.733. The molecule has 0 atom stereocenters. The molecule has 20 heavy (non-hydrogen) atoms. The summed E-state index contributed by atoms with van der Waals surface area (Å²) in [4.78, 5) is -0.167. The molecule has 0 aliphatic heterocycles. The van der Waals surface area contributed by atoms with Gasteiger partial charge in [0.05, 0.1) is 11.4 Å². The number of halogens is 2. The van der Waals surface area contributed by atoms with Crippen LogP contribution in [-0.2, 0) is 10.0 Å². The van der Waals surface area contributed by atoms with Gasteiger partial charge in [-0.3, -0.25) is 0 Å². The van der Waals surface area contributed by atoms with Gasteiger partial charge in [0.1, 0.15) is 10.7 Å². The normalized spacial score (nSPS) is 11.3. The van der Waals surface area contributed by atoms with Crippen LogP contribution in [0.2, 0.25) is 0 Å². The average molecular weight is 360 g/mol. The summed E-state index contributed by atoms with van der Waals surface area (Å²) in [7, 11) is -3.87. The van der Waals surface area contributed by atoms with Gasteiger partial charge in [0.15, 0.2) is 0 Å². The lowest BCUT2D eigenvalue weighted by atomic mass is 10.2. The lowest BCUT2D eigenvalue weighted by Gasteiger charge is -2.10. The van der Waals surface area contributed by atoms with Gasteiger partial charge in [0.25, 0.3) is 0 Å². The summed E-state index contributed by atoms with van der Waals surface area (Å²) < 4.78 is 36.7. The van der Waals surface area contributed by atoms with E-state index < -0.39 is 15.8 Å². The molecule has 106 valence electrons. The SMILES string of the molecule is Nc1cc(Nc2ccc(Br)cc2F)ccc1S(N)(=O)=O. The minimum absolute atomic E-state index is 0.00461. The van der Waals surface area contributed by atoms with Crippen molar-refractivity contribution in [2.45, 2.75) is 4.90 Å². The molecule has 0 saturated heterocycles. The fourth-order valence-electron chi connectivity index (χ4n) is 1.63. The molecule has 0 aromatic heterocycles. The second-order valence-electron chi connectivity index (χ2n) is 4.05. The number of benzene rings is 2. The Morgan fingerprint density at radius 1 is 1.15 bits per heavy atom. The zero-order valence-electron chi connectivity index (χ0n) is 10.1. The molecular formula is C12H11BrFN3O2S. The van der Waals surface area contributed by atoms with Crippen LogP contribution in [0.5, 0.6) is 0 Å². The molecule has 8 heteroatoms. The number of nitrogen functional groups attached to an aromatic ring is 1.